The van der Waals surface area contributed by atoms with Crippen LogP contribution in [0.15, 0.2) is 48.5 Å². The van der Waals surface area contributed by atoms with Gasteiger partial charge in [-0.05, 0) is 49.7 Å². The first-order chi connectivity index (χ1) is 12.3. The summed E-state index contributed by atoms with van der Waals surface area (Å²) in [5.74, 6) is -0.101. The maximum Gasteiger partial charge on any atom is 0.240 e. The Morgan fingerprint density at radius 3 is 2.38 bits per heavy atom. The van der Waals surface area contributed by atoms with Crippen molar-refractivity contribution in [3.05, 3.63) is 59.7 Å². The summed E-state index contributed by atoms with van der Waals surface area (Å²) in [6.07, 6.45) is 1.56. The van der Waals surface area contributed by atoms with E-state index in [1.807, 2.05) is 19.1 Å². The van der Waals surface area contributed by atoms with Crippen molar-refractivity contribution in [1.82, 2.24) is 10.2 Å². The molecule has 140 valence electrons. The van der Waals surface area contributed by atoms with Gasteiger partial charge in [0.05, 0.1) is 5.54 Å². The molecule has 0 aliphatic carbocycles. The number of nitrogens with two attached hydrogens (primary N) is 1. The van der Waals surface area contributed by atoms with E-state index in [1.54, 1.807) is 6.92 Å². The largest absolute Gasteiger partial charge is 0.350 e. The van der Waals surface area contributed by atoms with Gasteiger partial charge in [0.15, 0.2) is 0 Å². The predicted molar refractivity (Wildman–Crippen MR) is 109 cm³/mol. The molecule has 0 heterocycles. The molecule has 26 heavy (non-hydrogen) atoms. The van der Waals surface area contributed by atoms with Crippen LogP contribution in [0.1, 0.15) is 37.8 Å². The van der Waals surface area contributed by atoms with E-state index in [4.69, 9.17) is 5.73 Å². The molecule has 0 aromatic heterocycles. The average molecular weight is 354 g/mol. The SMILES string of the molecule is CCCC(C)(N)C(=O)NCc1ccccc1-c1ccc(CN(C)C)cc1. The van der Waals surface area contributed by atoms with E-state index in [2.05, 4.69) is 60.7 Å². The van der Waals surface area contributed by atoms with Crippen LogP contribution in [-0.4, -0.2) is 30.4 Å². The lowest BCUT2D eigenvalue weighted by Gasteiger charge is -2.23. The Kier molecular flexibility index (Phi) is 6.95. The fraction of sp³-hybridized carbons (Fsp3) is 0.409. The minimum Gasteiger partial charge on any atom is -0.350 e. The Bertz CT molecular complexity index is 720. The third-order valence-electron chi connectivity index (χ3n) is 4.51. The third kappa shape index (κ3) is 5.41. The van der Waals surface area contributed by atoms with Crippen LogP contribution in [0.3, 0.4) is 0 Å². The lowest BCUT2D eigenvalue weighted by Crippen LogP contribution is -2.51. The molecule has 0 saturated heterocycles. The van der Waals surface area contributed by atoms with Gasteiger partial charge in [-0.2, -0.15) is 0 Å². The van der Waals surface area contributed by atoms with Gasteiger partial charge in [0.2, 0.25) is 5.91 Å². The van der Waals surface area contributed by atoms with Crippen molar-refractivity contribution in [2.45, 2.75) is 45.3 Å². The van der Waals surface area contributed by atoms with Gasteiger partial charge >= 0.3 is 0 Å². The van der Waals surface area contributed by atoms with Crippen LogP contribution in [0, 0.1) is 0 Å². The van der Waals surface area contributed by atoms with Gasteiger partial charge < -0.3 is 16.0 Å². The zero-order valence-corrected chi connectivity index (χ0v) is 16.4. The van der Waals surface area contributed by atoms with E-state index < -0.39 is 5.54 Å². The molecule has 1 unspecified atom stereocenters. The molecule has 0 fully saturated rings. The van der Waals surface area contributed by atoms with Crippen LogP contribution in [0.25, 0.3) is 11.1 Å². The molecule has 1 atom stereocenters. The van der Waals surface area contributed by atoms with Crippen LogP contribution in [0.4, 0.5) is 0 Å². The van der Waals surface area contributed by atoms with Crippen molar-refractivity contribution in [3.63, 3.8) is 0 Å². The molecule has 0 radical (unpaired) electrons. The van der Waals surface area contributed by atoms with Crippen molar-refractivity contribution in [3.8, 4) is 11.1 Å². The molecular formula is C22H31N3O. The van der Waals surface area contributed by atoms with Gasteiger partial charge in [-0.1, -0.05) is 61.9 Å². The fourth-order valence-corrected chi connectivity index (χ4v) is 3.12. The number of hydrogen-bond donors (Lipinski definition) is 2. The number of amides is 1. The monoisotopic (exact) mass is 353 g/mol. The predicted octanol–water partition coefficient (Wildman–Crippen LogP) is 3.55. The highest BCUT2D eigenvalue weighted by atomic mass is 16.2. The number of hydrogen-bond acceptors (Lipinski definition) is 3. The summed E-state index contributed by atoms with van der Waals surface area (Å²) in [6.45, 7) is 5.23. The average Bonchev–Trinajstić information content (AvgIpc) is 2.60. The van der Waals surface area contributed by atoms with Gasteiger partial charge in [0.1, 0.15) is 0 Å². The minimum absolute atomic E-state index is 0.101. The fourth-order valence-electron chi connectivity index (χ4n) is 3.12. The second kappa shape index (κ2) is 8.97. The van der Waals surface area contributed by atoms with E-state index in [0.29, 0.717) is 13.0 Å². The molecule has 1 amide bonds. The second-order valence-corrected chi connectivity index (χ2v) is 7.44. The van der Waals surface area contributed by atoms with Crippen LogP contribution in [0.2, 0.25) is 0 Å². The summed E-state index contributed by atoms with van der Waals surface area (Å²) in [6, 6.07) is 16.8. The van der Waals surface area contributed by atoms with Crippen LogP contribution in [-0.2, 0) is 17.9 Å². The number of benzene rings is 2. The van der Waals surface area contributed by atoms with Gasteiger partial charge in [-0.15, -0.1) is 0 Å². The zero-order valence-electron chi connectivity index (χ0n) is 16.4. The lowest BCUT2D eigenvalue weighted by atomic mass is 9.95. The summed E-state index contributed by atoms with van der Waals surface area (Å²) < 4.78 is 0. The Balaban J connectivity index is 2.14. The molecule has 2 aromatic rings. The second-order valence-electron chi connectivity index (χ2n) is 7.44. The number of nitrogens with zero attached hydrogens (tertiary/aromatic N) is 1. The number of carbonyl (C=O) groups excluding carboxylic acids is 1. The lowest BCUT2D eigenvalue weighted by molar-refractivity contribution is -0.126. The van der Waals surface area contributed by atoms with E-state index in [-0.39, 0.29) is 5.91 Å². The molecule has 0 bridgehead atoms. The van der Waals surface area contributed by atoms with Crippen molar-refractivity contribution in [2.75, 3.05) is 14.1 Å². The molecule has 0 spiro atoms. The van der Waals surface area contributed by atoms with Crippen molar-refractivity contribution in [2.24, 2.45) is 5.73 Å². The van der Waals surface area contributed by atoms with Crippen molar-refractivity contribution >= 4 is 5.91 Å². The highest BCUT2D eigenvalue weighted by Gasteiger charge is 2.26. The Morgan fingerprint density at radius 2 is 1.77 bits per heavy atom. The minimum atomic E-state index is -0.822. The Morgan fingerprint density at radius 1 is 1.12 bits per heavy atom. The molecule has 4 nitrogen and oxygen atoms in total. The van der Waals surface area contributed by atoms with Crippen LogP contribution in [0.5, 0.6) is 0 Å². The Labute approximate surface area is 157 Å². The maximum atomic E-state index is 12.4. The molecule has 2 rings (SSSR count). The first-order valence-corrected chi connectivity index (χ1v) is 9.22. The molecule has 0 saturated carbocycles. The third-order valence-corrected chi connectivity index (χ3v) is 4.51. The highest BCUT2D eigenvalue weighted by Crippen LogP contribution is 2.24. The Hall–Kier alpha value is -2.17. The first-order valence-electron chi connectivity index (χ1n) is 9.22. The van der Waals surface area contributed by atoms with Crippen LogP contribution < -0.4 is 11.1 Å². The van der Waals surface area contributed by atoms with E-state index in [0.717, 1.165) is 29.7 Å². The summed E-state index contributed by atoms with van der Waals surface area (Å²) in [7, 11) is 4.13. The summed E-state index contributed by atoms with van der Waals surface area (Å²) in [4.78, 5) is 14.5. The zero-order chi connectivity index (χ0) is 19.2. The quantitative estimate of drug-likeness (QED) is 0.763. The molecule has 0 aliphatic heterocycles. The van der Waals surface area contributed by atoms with Crippen molar-refractivity contribution in [1.29, 1.82) is 0 Å². The van der Waals surface area contributed by atoms with Crippen molar-refractivity contribution < 1.29 is 4.79 Å². The summed E-state index contributed by atoms with van der Waals surface area (Å²) in [5, 5.41) is 3.00. The maximum absolute atomic E-state index is 12.4. The van der Waals surface area contributed by atoms with E-state index in [1.165, 1.54) is 5.56 Å². The van der Waals surface area contributed by atoms with Gasteiger partial charge in [0.25, 0.3) is 0 Å². The number of carbonyl (C=O) groups is 1. The van der Waals surface area contributed by atoms with Crippen LogP contribution >= 0.6 is 0 Å². The molecule has 0 aliphatic rings. The molecule has 2 aromatic carbocycles. The topological polar surface area (TPSA) is 58.4 Å². The van der Waals surface area contributed by atoms with E-state index >= 15 is 0 Å². The normalized spacial score (nSPS) is 13.5. The first kappa shape index (κ1) is 20.1. The number of nitrogens with one attached hydrogen (secondary N) is 1. The summed E-state index contributed by atoms with van der Waals surface area (Å²) >= 11 is 0. The highest BCUT2D eigenvalue weighted by molar-refractivity contribution is 5.85. The standard InChI is InChI=1S/C22H31N3O/c1-5-14-22(2,23)21(26)24-15-19-8-6-7-9-20(19)18-12-10-17(11-13-18)16-25(3)4/h6-13H,5,14-16,23H2,1-4H3,(H,24,26). The van der Waals surface area contributed by atoms with Gasteiger partial charge in [0, 0.05) is 13.1 Å². The van der Waals surface area contributed by atoms with E-state index in [9.17, 15) is 4.79 Å². The number of rotatable bonds is 8. The molecule has 4 heteroatoms. The van der Waals surface area contributed by atoms with Gasteiger partial charge in [-0.25, -0.2) is 0 Å². The molecular weight excluding hydrogens is 322 g/mol. The van der Waals surface area contributed by atoms with Gasteiger partial charge in [-0.3, -0.25) is 4.79 Å². The summed E-state index contributed by atoms with van der Waals surface area (Å²) in [5.41, 5.74) is 9.97. The smallest absolute Gasteiger partial charge is 0.240 e. The molecule has 3 N–H and O–H groups in total.